The summed E-state index contributed by atoms with van der Waals surface area (Å²) in [7, 11) is 1.24. The quantitative estimate of drug-likeness (QED) is 0.553. The molecule has 1 N–H and O–H groups in total. The number of nitrogens with one attached hydrogen (secondary N) is 1. The average molecular weight is 243 g/mol. The molecule has 1 saturated heterocycles. The first-order chi connectivity index (χ1) is 8.04. The van der Waals surface area contributed by atoms with Crippen LogP contribution in [-0.4, -0.2) is 37.6 Å². The Bertz CT molecular complexity index is 309. The van der Waals surface area contributed by atoms with E-state index in [0.29, 0.717) is 6.42 Å². The van der Waals surface area contributed by atoms with Crippen molar-refractivity contribution in [2.45, 2.75) is 32.2 Å². The molecule has 96 valence electrons. The monoisotopic (exact) mass is 243 g/mol. The van der Waals surface area contributed by atoms with E-state index in [9.17, 15) is 14.4 Å². The standard InChI is InChI=1S/C11H17NO5/c1-7(6-9(13)16-2)10(14)17-11(15)8-4-3-5-12-8/h7-8,12H,3-6H2,1-2H3/t7?,8-/m0/s1. The van der Waals surface area contributed by atoms with Crippen LogP contribution in [0, 0.1) is 5.92 Å². The number of esters is 3. The smallest absolute Gasteiger partial charge is 0.330 e. The van der Waals surface area contributed by atoms with E-state index in [4.69, 9.17) is 4.74 Å². The Morgan fingerprint density at radius 3 is 2.65 bits per heavy atom. The summed E-state index contributed by atoms with van der Waals surface area (Å²) in [6.07, 6.45) is 1.49. The summed E-state index contributed by atoms with van der Waals surface area (Å²) in [5, 5.41) is 2.93. The van der Waals surface area contributed by atoms with Gasteiger partial charge >= 0.3 is 17.9 Å². The highest BCUT2D eigenvalue weighted by Crippen LogP contribution is 2.10. The zero-order chi connectivity index (χ0) is 12.8. The van der Waals surface area contributed by atoms with E-state index in [-0.39, 0.29) is 6.42 Å². The SMILES string of the molecule is COC(=O)CC(C)C(=O)OC(=O)[C@@H]1CCCN1. The maximum atomic E-state index is 11.5. The van der Waals surface area contributed by atoms with Crippen LogP contribution >= 0.6 is 0 Å². The van der Waals surface area contributed by atoms with Crippen molar-refractivity contribution in [3.63, 3.8) is 0 Å². The number of rotatable bonds is 4. The fraction of sp³-hybridized carbons (Fsp3) is 0.727. The number of ether oxygens (including phenoxy) is 2. The first kappa shape index (κ1) is 13.6. The number of methoxy groups -OCH3 is 1. The van der Waals surface area contributed by atoms with Crippen LogP contribution in [0.4, 0.5) is 0 Å². The highest BCUT2D eigenvalue weighted by molar-refractivity contribution is 5.90. The second-order valence-electron chi connectivity index (χ2n) is 4.07. The fourth-order valence-corrected chi connectivity index (χ4v) is 1.57. The van der Waals surface area contributed by atoms with Gasteiger partial charge in [-0.2, -0.15) is 0 Å². The minimum absolute atomic E-state index is 0.0826. The Morgan fingerprint density at radius 2 is 2.12 bits per heavy atom. The Balaban J connectivity index is 2.37. The molecule has 0 radical (unpaired) electrons. The van der Waals surface area contributed by atoms with Crippen LogP contribution in [0.1, 0.15) is 26.2 Å². The molecule has 6 nitrogen and oxygen atoms in total. The van der Waals surface area contributed by atoms with Gasteiger partial charge < -0.3 is 14.8 Å². The summed E-state index contributed by atoms with van der Waals surface area (Å²) in [4.78, 5) is 33.9. The lowest BCUT2D eigenvalue weighted by Gasteiger charge is -2.12. The van der Waals surface area contributed by atoms with Crippen molar-refractivity contribution in [2.24, 2.45) is 5.92 Å². The summed E-state index contributed by atoms with van der Waals surface area (Å²) in [5.41, 5.74) is 0. The van der Waals surface area contributed by atoms with Gasteiger partial charge in [0, 0.05) is 0 Å². The molecule has 1 aliphatic rings. The predicted molar refractivity (Wildman–Crippen MR) is 57.9 cm³/mol. The fourth-order valence-electron chi connectivity index (χ4n) is 1.57. The van der Waals surface area contributed by atoms with Gasteiger partial charge in [0.05, 0.1) is 19.4 Å². The molecule has 0 spiro atoms. The van der Waals surface area contributed by atoms with Crippen molar-refractivity contribution in [2.75, 3.05) is 13.7 Å². The molecule has 0 amide bonds. The zero-order valence-corrected chi connectivity index (χ0v) is 10.0. The maximum absolute atomic E-state index is 11.5. The van der Waals surface area contributed by atoms with E-state index in [1.165, 1.54) is 14.0 Å². The first-order valence-corrected chi connectivity index (χ1v) is 5.60. The lowest BCUT2D eigenvalue weighted by Crippen LogP contribution is -2.35. The largest absolute Gasteiger partial charge is 0.469 e. The Labute approximate surface area is 99.6 Å². The van der Waals surface area contributed by atoms with Gasteiger partial charge in [-0.05, 0) is 19.4 Å². The topological polar surface area (TPSA) is 81.7 Å². The summed E-state index contributed by atoms with van der Waals surface area (Å²) >= 11 is 0. The van der Waals surface area contributed by atoms with E-state index in [0.717, 1.165) is 13.0 Å². The zero-order valence-electron chi connectivity index (χ0n) is 10.0. The van der Waals surface area contributed by atoms with Crippen LogP contribution in [-0.2, 0) is 23.9 Å². The van der Waals surface area contributed by atoms with Crippen molar-refractivity contribution in [3.05, 3.63) is 0 Å². The highest BCUT2D eigenvalue weighted by atomic mass is 16.6. The molecule has 0 aromatic heterocycles. The molecule has 0 aromatic rings. The molecule has 1 rings (SSSR count). The summed E-state index contributed by atoms with van der Waals surface area (Å²) in [5.74, 6) is -2.42. The van der Waals surface area contributed by atoms with Crippen molar-refractivity contribution < 1.29 is 23.9 Å². The Morgan fingerprint density at radius 1 is 1.41 bits per heavy atom. The summed E-state index contributed by atoms with van der Waals surface area (Å²) < 4.78 is 9.13. The molecular weight excluding hydrogens is 226 g/mol. The molecule has 0 aromatic carbocycles. The normalized spacial score (nSPS) is 20.7. The average Bonchev–Trinajstić information content (AvgIpc) is 2.82. The van der Waals surface area contributed by atoms with E-state index >= 15 is 0 Å². The lowest BCUT2D eigenvalue weighted by molar-refractivity contribution is -0.165. The minimum Gasteiger partial charge on any atom is -0.469 e. The minimum atomic E-state index is -0.686. The number of carbonyl (C=O) groups is 3. The van der Waals surface area contributed by atoms with Crippen LogP contribution < -0.4 is 5.32 Å². The molecule has 6 heteroatoms. The van der Waals surface area contributed by atoms with Crippen molar-refractivity contribution >= 4 is 17.9 Å². The van der Waals surface area contributed by atoms with Crippen molar-refractivity contribution in [3.8, 4) is 0 Å². The van der Waals surface area contributed by atoms with Gasteiger partial charge in [0.1, 0.15) is 6.04 Å². The summed E-state index contributed by atoms with van der Waals surface area (Å²) in [6, 6.07) is -0.399. The van der Waals surface area contributed by atoms with Gasteiger partial charge in [-0.15, -0.1) is 0 Å². The highest BCUT2D eigenvalue weighted by Gasteiger charge is 2.28. The number of hydrogen-bond acceptors (Lipinski definition) is 6. The molecule has 17 heavy (non-hydrogen) atoms. The third-order valence-electron chi connectivity index (χ3n) is 2.65. The van der Waals surface area contributed by atoms with Crippen LogP contribution in [0.15, 0.2) is 0 Å². The molecule has 1 heterocycles. The Hall–Kier alpha value is -1.43. The van der Waals surface area contributed by atoms with Gasteiger partial charge in [-0.25, -0.2) is 4.79 Å². The van der Waals surface area contributed by atoms with Crippen LogP contribution in [0.5, 0.6) is 0 Å². The van der Waals surface area contributed by atoms with Gasteiger partial charge in [0.25, 0.3) is 0 Å². The van der Waals surface area contributed by atoms with Crippen LogP contribution in [0.25, 0.3) is 0 Å². The Kier molecular flexibility index (Phi) is 5.09. The molecule has 0 bridgehead atoms. The second-order valence-corrected chi connectivity index (χ2v) is 4.07. The third-order valence-corrected chi connectivity index (χ3v) is 2.65. The molecular formula is C11H17NO5. The molecule has 0 saturated carbocycles. The third kappa shape index (κ3) is 4.14. The maximum Gasteiger partial charge on any atom is 0.330 e. The molecule has 1 aliphatic heterocycles. The molecule has 1 unspecified atom stereocenters. The lowest BCUT2D eigenvalue weighted by atomic mass is 10.1. The van der Waals surface area contributed by atoms with Crippen molar-refractivity contribution in [1.82, 2.24) is 5.32 Å². The molecule has 0 aliphatic carbocycles. The second kappa shape index (κ2) is 6.34. The molecule has 1 fully saturated rings. The van der Waals surface area contributed by atoms with Crippen LogP contribution in [0.3, 0.4) is 0 Å². The molecule has 2 atom stereocenters. The first-order valence-electron chi connectivity index (χ1n) is 5.60. The van der Waals surface area contributed by atoms with Gasteiger partial charge in [0.2, 0.25) is 0 Å². The predicted octanol–water partition coefficient (Wildman–Crippen LogP) is 0.00740. The van der Waals surface area contributed by atoms with Gasteiger partial charge in [-0.3, -0.25) is 9.59 Å². The van der Waals surface area contributed by atoms with E-state index < -0.39 is 29.9 Å². The van der Waals surface area contributed by atoms with E-state index in [2.05, 4.69) is 10.1 Å². The van der Waals surface area contributed by atoms with Gasteiger partial charge in [0.15, 0.2) is 0 Å². The van der Waals surface area contributed by atoms with E-state index in [1.54, 1.807) is 0 Å². The van der Waals surface area contributed by atoms with Crippen LogP contribution in [0.2, 0.25) is 0 Å². The van der Waals surface area contributed by atoms with Gasteiger partial charge in [-0.1, -0.05) is 6.92 Å². The number of carbonyl (C=O) groups excluding carboxylic acids is 3. The van der Waals surface area contributed by atoms with E-state index in [1.807, 2.05) is 0 Å². The summed E-state index contributed by atoms with van der Waals surface area (Å²) in [6.45, 7) is 2.28. The van der Waals surface area contributed by atoms with Crippen molar-refractivity contribution in [1.29, 1.82) is 0 Å². The number of hydrogen-bond donors (Lipinski definition) is 1.